The number of para-hydroxylation sites is 1. The topological polar surface area (TPSA) is 105 Å². The van der Waals surface area contributed by atoms with Gasteiger partial charge in [0.2, 0.25) is 5.95 Å². The minimum atomic E-state index is -3.97. The molecule has 41 heavy (non-hydrogen) atoms. The van der Waals surface area contributed by atoms with Gasteiger partial charge in [-0.05, 0) is 61.2 Å². The van der Waals surface area contributed by atoms with Gasteiger partial charge >= 0.3 is 0 Å². The van der Waals surface area contributed by atoms with Crippen molar-refractivity contribution >= 4 is 32.4 Å². The Bertz CT molecular complexity index is 1800. The standard InChI is InChI=1S/C31H28FN5O3S/c32-26-19-22(37-41(38,39)30-13-5-8-21-7-1-2-10-24(21)30)14-15-29(26)40-28-12-4-3-11-25(28)27-16-18-34-31(36-27)35-23-9-6-17-33-20-23/h1-5,7-8,10-16,18-19,23,33,37H,6,9,17,20H2,(H,34,35,36)/t23-/m0/s1. The molecule has 0 bridgehead atoms. The van der Waals surface area contributed by atoms with Gasteiger partial charge in [-0.2, -0.15) is 0 Å². The third kappa shape index (κ3) is 5.98. The number of hydrogen-bond donors (Lipinski definition) is 3. The molecule has 0 radical (unpaired) electrons. The summed E-state index contributed by atoms with van der Waals surface area (Å²) in [6, 6.07) is 25.4. The summed E-state index contributed by atoms with van der Waals surface area (Å²) in [6.45, 7) is 1.86. The summed E-state index contributed by atoms with van der Waals surface area (Å²) >= 11 is 0. The second-order valence-electron chi connectivity index (χ2n) is 9.78. The predicted octanol–water partition coefficient (Wildman–Crippen LogP) is 6.19. The van der Waals surface area contributed by atoms with Crippen molar-refractivity contribution < 1.29 is 17.5 Å². The van der Waals surface area contributed by atoms with Gasteiger partial charge in [-0.1, -0.05) is 48.5 Å². The third-order valence-corrected chi connectivity index (χ3v) is 8.33. The summed E-state index contributed by atoms with van der Waals surface area (Å²) in [4.78, 5) is 9.14. The van der Waals surface area contributed by atoms with Crippen molar-refractivity contribution in [3.8, 4) is 22.8 Å². The van der Waals surface area contributed by atoms with Crippen LogP contribution in [0.5, 0.6) is 11.5 Å². The quantitative estimate of drug-likeness (QED) is 0.205. The number of nitrogens with zero attached hydrogens (tertiary/aromatic N) is 2. The summed E-state index contributed by atoms with van der Waals surface area (Å²) in [5.74, 6) is 0.151. The lowest BCUT2D eigenvalue weighted by molar-refractivity contribution is 0.444. The van der Waals surface area contributed by atoms with Crippen molar-refractivity contribution in [1.82, 2.24) is 15.3 Å². The van der Waals surface area contributed by atoms with Gasteiger partial charge < -0.3 is 15.4 Å². The highest BCUT2D eigenvalue weighted by Gasteiger charge is 2.19. The number of rotatable bonds is 8. The zero-order valence-corrected chi connectivity index (χ0v) is 22.9. The molecule has 0 aliphatic carbocycles. The Morgan fingerprint density at radius 3 is 2.61 bits per heavy atom. The van der Waals surface area contributed by atoms with Crippen LogP contribution in [0.1, 0.15) is 12.8 Å². The molecule has 3 N–H and O–H groups in total. The number of piperidine rings is 1. The minimum absolute atomic E-state index is 0.0498. The Labute approximate surface area is 237 Å². The van der Waals surface area contributed by atoms with Crippen LogP contribution in [0.4, 0.5) is 16.0 Å². The fourth-order valence-electron chi connectivity index (χ4n) is 4.91. The van der Waals surface area contributed by atoms with Crippen LogP contribution in [-0.4, -0.2) is 37.5 Å². The third-order valence-electron chi connectivity index (χ3n) is 6.89. The second-order valence-corrected chi connectivity index (χ2v) is 11.4. The number of nitrogens with one attached hydrogen (secondary N) is 3. The summed E-state index contributed by atoms with van der Waals surface area (Å²) in [7, 11) is -3.97. The van der Waals surface area contributed by atoms with Crippen LogP contribution in [-0.2, 0) is 10.0 Å². The van der Waals surface area contributed by atoms with Crippen LogP contribution in [0.2, 0.25) is 0 Å². The van der Waals surface area contributed by atoms with Gasteiger partial charge in [0, 0.05) is 35.8 Å². The van der Waals surface area contributed by atoms with Crippen LogP contribution < -0.4 is 20.1 Å². The summed E-state index contributed by atoms with van der Waals surface area (Å²) in [5.41, 5.74) is 1.38. The molecule has 4 aromatic carbocycles. The number of ether oxygens (including phenoxy) is 1. The number of anilines is 2. The van der Waals surface area contributed by atoms with E-state index in [1.807, 2.05) is 30.3 Å². The van der Waals surface area contributed by atoms with E-state index in [0.29, 0.717) is 28.3 Å². The molecular formula is C31H28FN5O3S. The number of halogens is 1. The highest BCUT2D eigenvalue weighted by atomic mass is 32.2. The molecule has 1 atom stereocenters. The Hall–Kier alpha value is -4.54. The van der Waals surface area contributed by atoms with E-state index >= 15 is 4.39 Å². The average Bonchev–Trinajstić information content (AvgIpc) is 2.99. The second kappa shape index (κ2) is 11.5. The van der Waals surface area contributed by atoms with Crippen molar-refractivity contribution in [3.05, 3.63) is 103 Å². The first-order valence-electron chi connectivity index (χ1n) is 13.3. The monoisotopic (exact) mass is 569 g/mol. The van der Waals surface area contributed by atoms with Crippen molar-refractivity contribution in [2.75, 3.05) is 23.1 Å². The minimum Gasteiger partial charge on any atom is -0.454 e. The molecule has 1 saturated heterocycles. The van der Waals surface area contributed by atoms with E-state index in [0.717, 1.165) is 37.4 Å². The summed E-state index contributed by atoms with van der Waals surface area (Å²) < 4.78 is 50.0. The summed E-state index contributed by atoms with van der Waals surface area (Å²) in [5, 5.41) is 8.11. The lowest BCUT2D eigenvalue weighted by Crippen LogP contribution is -2.38. The van der Waals surface area contributed by atoms with E-state index in [1.165, 1.54) is 18.2 Å². The average molecular weight is 570 g/mol. The van der Waals surface area contributed by atoms with Crippen molar-refractivity contribution in [1.29, 1.82) is 0 Å². The van der Waals surface area contributed by atoms with Crippen LogP contribution in [0, 0.1) is 5.82 Å². The van der Waals surface area contributed by atoms with Gasteiger partial charge in [-0.25, -0.2) is 22.8 Å². The lowest BCUT2D eigenvalue weighted by atomic mass is 10.1. The molecule has 6 rings (SSSR count). The number of fused-ring (bicyclic) bond motifs is 1. The van der Waals surface area contributed by atoms with Gasteiger partial charge in [0.25, 0.3) is 10.0 Å². The molecule has 1 aromatic heterocycles. The maximum absolute atomic E-state index is 15.2. The maximum atomic E-state index is 15.2. The van der Waals surface area contributed by atoms with E-state index in [9.17, 15) is 8.42 Å². The zero-order chi connectivity index (χ0) is 28.2. The number of benzene rings is 4. The van der Waals surface area contributed by atoms with Gasteiger partial charge in [-0.3, -0.25) is 4.72 Å². The van der Waals surface area contributed by atoms with E-state index in [-0.39, 0.29) is 22.4 Å². The Balaban J connectivity index is 1.22. The Kier molecular flexibility index (Phi) is 7.49. The molecule has 8 nitrogen and oxygen atoms in total. The Morgan fingerprint density at radius 2 is 1.76 bits per heavy atom. The highest BCUT2D eigenvalue weighted by Crippen LogP contribution is 2.35. The fourth-order valence-corrected chi connectivity index (χ4v) is 6.19. The van der Waals surface area contributed by atoms with Crippen LogP contribution in [0.3, 0.4) is 0 Å². The van der Waals surface area contributed by atoms with E-state index < -0.39 is 15.8 Å². The fraction of sp³-hybridized carbons (Fsp3) is 0.161. The molecule has 10 heteroatoms. The number of hydrogen-bond acceptors (Lipinski definition) is 7. The normalized spacial score (nSPS) is 15.4. The van der Waals surface area contributed by atoms with Crippen molar-refractivity contribution in [2.24, 2.45) is 0 Å². The Morgan fingerprint density at radius 1 is 0.927 bits per heavy atom. The van der Waals surface area contributed by atoms with Crippen LogP contribution >= 0.6 is 0 Å². The molecule has 5 aromatic rings. The van der Waals surface area contributed by atoms with E-state index in [1.54, 1.807) is 42.6 Å². The molecule has 0 amide bonds. The smallest absolute Gasteiger partial charge is 0.262 e. The van der Waals surface area contributed by atoms with Crippen LogP contribution in [0.25, 0.3) is 22.0 Å². The molecule has 0 spiro atoms. The van der Waals surface area contributed by atoms with Gasteiger partial charge in [-0.15, -0.1) is 0 Å². The van der Waals surface area contributed by atoms with E-state index in [4.69, 9.17) is 4.74 Å². The molecule has 1 fully saturated rings. The lowest BCUT2D eigenvalue weighted by Gasteiger charge is -2.23. The maximum Gasteiger partial charge on any atom is 0.262 e. The first-order chi connectivity index (χ1) is 20.0. The number of sulfonamides is 1. The van der Waals surface area contributed by atoms with Crippen molar-refractivity contribution in [3.63, 3.8) is 0 Å². The molecular weight excluding hydrogens is 541 g/mol. The highest BCUT2D eigenvalue weighted by molar-refractivity contribution is 7.93. The molecule has 2 heterocycles. The van der Waals surface area contributed by atoms with Crippen molar-refractivity contribution in [2.45, 2.75) is 23.8 Å². The van der Waals surface area contributed by atoms with Gasteiger partial charge in [0.05, 0.1) is 16.3 Å². The largest absolute Gasteiger partial charge is 0.454 e. The molecule has 1 aliphatic heterocycles. The van der Waals surface area contributed by atoms with E-state index in [2.05, 4.69) is 25.3 Å². The molecule has 0 saturated carbocycles. The first kappa shape index (κ1) is 26.7. The SMILES string of the molecule is O=S(=O)(Nc1ccc(Oc2ccccc2-c2ccnc(N[C@H]3CCCNC3)n2)c(F)c1)c1cccc2ccccc12. The zero-order valence-electron chi connectivity index (χ0n) is 22.0. The van der Waals surface area contributed by atoms with Gasteiger partial charge in [0.15, 0.2) is 11.6 Å². The molecule has 1 aliphatic rings. The molecule has 0 unspecified atom stereocenters. The summed E-state index contributed by atoms with van der Waals surface area (Å²) in [6.07, 6.45) is 3.80. The predicted molar refractivity (Wildman–Crippen MR) is 158 cm³/mol. The molecule has 208 valence electrons. The number of aromatic nitrogens is 2. The first-order valence-corrected chi connectivity index (χ1v) is 14.8. The van der Waals surface area contributed by atoms with Gasteiger partial charge in [0.1, 0.15) is 5.75 Å². The van der Waals surface area contributed by atoms with Crippen LogP contribution in [0.15, 0.2) is 102 Å².